The average Bonchev–Trinajstić information content (AvgIpc) is 2.93. The van der Waals surface area contributed by atoms with Gasteiger partial charge in [-0.25, -0.2) is 9.67 Å². The number of aromatic nitrogens is 4. The summed E-state index contributed by atoms with van der Waals surface area (Å²) in [4.78, 5) is 28.4. The van der Waals surface area contributed by atoms with Gasteiger partial charge in [-0.05, 0) is 12.5 Å². The Morgan fingerprint density at radius 1 is 1.33 bits per heavy atom. The molecule has 2 aromatic heterocycles. The van der Waals surface area contributed by atoms with Gasteiger partial charge in [-0.15, -0.1) is 0 Å². The van der Waals surface area contributed by atoms with Crippen LogP contribution in [0.15, 0.2) is 23.1 Å². The third kappa shape index (κ3) is 3.25. The quantitative estimate of drug-likeness (QED) is 0.892. The summed E-state index contributed by atoms with van der Waals surface area (Å²) < 4.78 is 3.29. The first-order chi connectivity index (χ1) is 11.2. The van der Waals surface area contributed by atoms with Crippen molar-refractivity contribution in [3.63, 3.8) is 0 Å². The Hall–Kier alpha value is -2.44. The fraction of sp³-hybridized carbons (Fsp3) is 0.529. The van der Waals surface area contributed by atoms with Gasteiger partial charge in [0.25, 0.3) is 11.5 Å². The zero-order valence-electron chi connectivity index (χ0n) is 14.5. The summed E-state index contributed by atoms with van der Waals surface area (Å²) in [6.45, 7) is 7.14. The maximum Gasteiger partial charge on any atom is 0.272 e. The molecule has 0 saturated heterocycles. The first-order valence-corrected chi connectivity index (χ1v) is 8.16. The Bertz CT molecular complexity index is 828. The molecule has 1 unspecified atom stereocenters. The Balaban J connectivity index is 1.71. The van der Waals surface area contributed by atoms with Gasteiger partial charge < -0.3 is 9.88 Å². The molecule has 1 N–H and O–H groups in total. The lowest BCUT2D eigenvalue weighted by molar-refractivity contribution is 0.0920. The second-order valence-corrected chi connectivity index (χ2v) is 7.33. The van der Waals surface area contributed by atoms with Crippen LogP contribution in [0.4, 0.5) is 0 Å². The molecule has 0 aliphatic carbocycles. The summed E-state index contributed by atoms with van der Waals surface area (Å²) >= 11 is 0. The van der Waals surface area contributed by atoms with Gasteiger partial charge in [0.15, 0.2) is 0 Å². The highest BCUT2D eigenvalue weighted by Crippen LogP contribution is 2.24. The minimum Gasteiger partial charge on any atom is -0.346 e. The average molecular weight is 329 g/mol. The number of amides is 1. The summed E-state index contributed by atoms with van der Waals surface area (Å²) in [7, 11) is 1.53. The molecule has 0 saturated carbocycles. The van der Waals surface area contributed by atoms with E-state index in [1.807, 2.05) is 0 Å². The van der Waals surface area contributed by atoms with Crippen LogP contribution in [0.2, 0.25) is 0 Å². The zero-order valence-corrected chi connectivity index (χ0v) is 14.5. The van der Waals surface area contributed by atoms with E-state index in [0.717, 1.165) is 24.4 Å². The molecule has 7 nitrogen and oxygen atoms in total. The molecule has 1 aliphatic rings. The number of imidazole rings is 1. The number of nitrogens with zero attached hydrogens (tertiary/aromatic N) is 4. The first kappa shape index (κ1) is 16.4. The van der Waals surface area contributed by atoms with Gasteiger partial charge in [-0.3, -0.25) is 9.59 Å². The van der Waals surface area contributed by atoms with Gasteiger partial charge in [-0.2, -0.15) is 5.10 Å². The normalized spacial score (nSPS) is 17.4. The summed E-state index contributed by atoms with van der Waals surface area (Å²) in [5.41, 5.74) is 1.11. The van der Waals surface area contributed by atoms with Gasteiger partial charge in [0.1, 0.15) is 11.5 Å². The number of rotatable bonds is 2. The van der Waals surface area contributed by atoms with E-state index in [9.17, 15) is 9.59 Å². The molecule has 3 heterocycles. The standard InChI is InChI=1S/C17H23N5O2/c1-17(2,3)13-10-22-9-11(5-7-14(22)19-13)18-16(24)12-6-8-15(23)21(4)20-12/h6,8,10-11H,5,7,9H2,1-4H3,(H,18,24). The van der Waals surface area contributed by atoms with Gasteiger partial charge in [0.2, 0.25) is 0 Å². The minimum absolute atomic E-state index is 0.0157. The molecule has 0 bridgehead atoms. The molecule has 128 valence electrons. The highest BCUT2D eigenvalue weighted by Gasteiger charge is 2.25. The Morgan fingerprint density at radius 2 is 2.08 bits per heavy atom. The molecular formula is C17H23N5O2. The van der Waals surface area contributed by atoms with Gasteiger partial charge in [0.05, 0.1) is 5.69 Å². The maximum absolute atomic E-state index is 12.3. The van der Waals surface area contributed by atoms with Crippen LogP contribution in [-0.4, -0.2) is 31.3 Å². The number of carbonyl (C=O) groups excluding carboxylic acids is 1. The van der Waals surface area contributed by atoms with E-state index >= 15 is 0 Å². The van der Waals surface area contributed by atoms with Crippen LogP contribution in [0, 0.1) is 0 Å². The number of nitrogens with one attached hydrogen (secondary N) is 1. The molecule has 2 aromatic rings. The zero-order chi connectivity index (χ0) is 17.5. The predicted molar refractivity (Wildman–Crippen MR) is 90.0 cm³/mol. The lowest BCUT2D eigenvalue weighted by Crippen LogP contribution is -2.41. The summed E-state index contributed by atoms with van der Waals surface area (Å²) in [5, 5.41) is 7.00. The van der Waals surface area contributed by atoms with E-state index < -0.39 is 0 Å². The Kier molecular flexibility index (Phi) is 4.03. The van der Waals surface area contributed by atoms with E-state index in [0.29, 0.717) is 6.54 Å². The SMILES string of the molecule is Cn1nc(C(=O)NC2CCc3nc(C(C)(C)C)cn3C2)ccc1=O. The van der Waals surface area contributed by atoms with Crippen molar-refractivity contribution in [2.24, 2.45) is 7.05 Å². The van der Waals surface area contributed by atoms with E-state index in [1.165, 1.54) is 23.9 Å². The molecule has 0 spiro atoms. The monoisotopic (exact) mass is 329 g/mol. The summed E-state index contributed by atoms with van der Waals surface area (Å²) in [6.07, 6.45) is 3.76. The second kappa shape index (κ2) is 5.89. The summed E-state index contributed by atoms with van der Waals surface area (Å²) in [5.74, 6) is 0.820. The van der Waals surface area contributed by atoms with E-state index in [1.54, 1.807) is 0 Å². The fourth-order valence-corrected chi connectivity index (χ4v) is 2.81. The molecule has 1 atom stereocenters. The molecule has 1 amide bonds. The lowest BCUT2D eigenvalue weighted by atomic mass is 9.93. The highest BCUT2D eigenvalue weighted by atomic mass is 16.2. The van der Waals surface area contributed by atoms with Crippen LogP contribution in [0.1, 0.15) is 49.2 Å². The van der Waals surface area contributed by atoms with Gasteiger partial charge in [-0.1, -0.05) is 20.8 Å². The van der Waals surface area contributed by atoms with Gasteiger partial charge in [0, 0.05) is 43.7 Å². The van der Waals surface area contributed by atoms with E-state index in [-0.39, 0.29) is 28.6 Å². The second-order valence-electron chi connectivity index (χ2n) is 7.33. The van der Waals surface area contributed by atoms with Gasteiger partial charge >= 0.3 is 0 Å². The van der Waals surface area contributed by atoms with Crippen LogP contribution in [0.25, 0.3) is 0 Å². The smallest absolute Gasteiger partial charge is 0.272 e. The molecule has 24 heavy (non-hydrogen) atoms. The van der Waals surface area contributed by atoms with Crippen molar-refractivity contribution in [1.29, 1.82) is 0 Å². The van der Waals surface area contributed by atoms with Crippen molar-refractivity contribution in [1.82, 2.24) is 24.6 Å². The van der Waals surface area contributed by atoms with E-state index in [2.05, 4.69) is 42.0 Å². The van der Waals surface area contributed by atoms with Crippen LogP contribution in [0.5, 0.6) is 0 Å². The molecule has 7 heteroatoms. The van der Waals surface area contributed by atoms with Crippen molar-refractivity contribution in [2.45, 2.75) is 51.6 Å². The summed E-state index contributed by atoms with van der Waals surface area (Å²) in [6, 6.07) is 2.85. The highest BCUT2D eigenvalue weighted by molar-refractivity contribution is 5.92. The molecule has 0 fully saturated rings. The molecular weight excluding hydrogens is 306 g/mol. The van der Waals surface area contributed by atoms with Crippen molar-refractivity contribution >= 4 is 5.91 Å². The van der Waals surface area contributed by atoms with Crippen molar-refractivity contribution in [2.75, 3.05) is 0 Å². The third-order valence-electron chi connectivity index (χ3n) is 4.29. The molecule has 1 aliphatic heterocycles. The fourth-order valence-electron chi connectivity index (χ4n) is 2.81. The number of hydrogen-bond donors (Lipinski definition) is 1. The van der Waals surface area contributed by atoms with Crippen LogP contribution >= 0.6 is 0 Å². The van der Waals surface area contributed by atoms with Crippen LogP contribution in [-0.2, 0) is 25.4 Å². The first-order valence-electron chi connectivity index (χ1n) is 8.16. The van der Waals surface area contributed by atoms with Crippen LogP contribution in [0.3, 0.4) is 0 Å². The van der Waals surface area contributed by atoms with Crippen molar-refractivity contribution in [3.05, 3.63) is 45.9 Å². The number of hydrogen-bond acceptors (Lipinski definition) is 4. The molecule has 0 aromatic carbocycles. The maximum atomic E-state index is 12.3. The third-order valence-corrected chi connectivity index (χ3v) is 4.29. The van der Waals surface area contributed by atoms with Crippen LogP contribution < -0.4 is 10.9 Å². The Morgan fingerprint density at radius 3 is 2.75 bits per heavy atom. The number of carbonyl (C=O) groups is 1. The predicted octanol–water partition coefficient (Wildman–Crippen LogP) is 1.02. The lowest BCUT2D eigenvalue weighted by Gasteiger charge is -2.24. The number of aryl methyl sites for hydroxylation is 2. The Labute approximate surface area is 140 Å². The van der Waals surface area contributed by atoms with Crippen molar-refractivity contribution < 1.29 is 4.79 Å². The minimum atomic E-state index is -0.254. The van der Waals surface area contributed by atoms with E-state index in [4.69, 9.17) is 4.98 Å². The molecule has 3 rings (SSSR count). The largest absolute Gasteiger partial charge is 0.346 e. The van der Waals surface area contributed by atoms with Crippen molar-refractivity contribution in [3.8, 4) is 0 Å². The molecule has 0 radical (unpaired) electrons. The topological polar surface area (TPSA) is 81.8 Å². The number of fused-ring (bicyclic) bond motifs is 1.